The molecule has 0 bridgehead atoms. The molecule has 2 nitrogen and oxygen atoms in total. The Kier molecular flexibility index (Phi) is 1.96. The number of fused-ring (bicyclic) bond motifs is 3. The van der Waals surface area contributed by atoms with Crippen LogP contribution in [0.5, 0.6) is 0 Å². The van der Waals surface area contributed by atoms with E-state index in [1.54, 1.807) is 0 Å². The maximum absolute atomic E-state index is 4.45. The second-order valence-corrected chi connectivity index (χ2v) is 5.54. The molecular weight excluding hydrogens is 204 g/mol. The van der Waals surface area contributed by atoms with Gasteiger partial charge in [0.15, 0.2) is 0 Å². The van der Waals surface area contributed by atoms with Crippen LogP contribution in [0.4, 0.5) is 0 Å². The quantitative estimate of drug-likeness (QED) is 0.664. The summed E-state index contributed by atoms with van der Waals surface area (Å²) in [5, 5.41) is 4.45. The predicted molar refractivity (Wildman–Crippen MR) is 63.3 cm³/mol. The van der Waals surface area contributed by atoms with E-state index in [1.165, 1.54) is 39.4 Å². The normalized spacial score (nSPS) is 14.5. The van der Waals surface area contributed by atoms with Crippen LogP contribution >= 0.6 is 11.3 Å². The Bertz CT molecular complexity index is 508. The van der Waals surface area contributed by atoms with Crippen molar-refractivity contribution in [3.05, 3.63) is 27.6 Å². The van der Waals surface area contributed by atoms with Crippen molar-refractivity contribution in [3.8, 4) is 11.3 Å². The molecule has 0 aromatic carbocycles. The van der Waals surface area contributed by atoms with Crippen molar-refractivity contribution >= 4 is 11.3 Å². The molecule has 0 aliphatic carbocycles. The van der Waals surface area contributed by atoms with Crippen LogP contribution < -0.4 is 0 Å². The van der Waals surface area contributed by atoms with Gasteiger partial charge in [0.1, 0.15) is 0 Å². The van der Waals surface area contributed by atoms with Crippen molar-refractivity contribution in [1.82, 2.24) is 9.78 Å². The number of aryl methyl sites for hydroxylation is 4. The maximum atomic E-state index is 4.45. The van der Waals surface area contributed by atoms with Crippen LogP contribution in [0.25, 0.3) is 11.3 Å². The van der Waals surface area contributed by atoms with Crippen molar-refractivity contribution in [1.29, 1.82) is 0 Å². The number of hydrogen-bond donors (Lipinski definition) is 0. The van der Waals surface area contributed by atoms with E-state index in [2.05, 4.69) is 29.7 Å². The first kappa shape index (κ1) is 9.16. The lowest BCUT2D eigenvalue weighted by Crippen LogP contribution is -1.99. The summed E-state index contributed by atoms with van der Waals surface area (Å²) in [4.78, 5) is 2.95. The molecule has 1 aliphatic rings. The molecule has 2 aromatic rings. The fraction of sp³-hybridized carbons (Fsp3) is 0.417. The molecule has 3 heteroatoms. The standard InChI is InChI=1S/C12H14N2S/c1-8-7-13-14-5-3-4-11-10(12(8)14)6-9(2)15-11/h6-7H,3-5H2,1-2H3. The van der Waals surface area contributed by atoms with Gasteiger partial charge in [0, 0.05) is 21.9 Å². The monoisotopic (exact) mass is 218 g/mol. The molecule has 2 aromatic heterocycles. The number of thiophene rings is 1. The highest BCUT2D eigenvalue weighted by atomic mass is 32.1. The summed E-state index contributed by atoms with van der Waals surface area (Å²) in [7, 11) is 0. The minimum Gasteiger partial charge on any atom is -0.265 e. The van der Waals surface area contributed by atoms with Gasteiger partial charge in [0.25, 0.3) is 0 Å². The molecular formula is C12H14N2S. The molecule has 0 saturated carbocycles. The summed E-state index contributed by atoms with van der Waals surface area (Å²) in [6, 6.07) is 2.31. The molecule has 0 spiro atoms. The second-order valence-electron chi connectivity index (χ2n) is 4.20. The largest absolute Gasteiger partial charge is 0.265 e. The van der Waals surface area contributed by atoms with Gasteiger partial charge in [-0.15, -0.1) is 11.3 Å². The predicted octanol–water partition coefficient (Wildman–Crippen LogP) is 3.17. The van der Waals surface area contributed by atoms with Crippen LogP contribution in [-0.2, 0) is 13.0 Å². The van der Waals surface area contributed by atoms with Crippen LogP contribution in [0, 0.1) is 13.8 Å². The van der Waals surface area contributed by atoms with E-state index in [0.29, 0.717) is 0 Å². The SMILES string of the molecule is Cc1cc2c(s1)CCCn1ncc(C)c1-2. The first-order chi connectivity index (χ1) is 7.25. The Morgan fingerprint density at radius 3 is 3.13 bits per heavy atom. The van der Waals surface area contributed by atoms with E-state index in [9.17, 15) is 0 Å². The van der Waals surface area contributed by atoms with E-state index in [4.69, 9.17) is 0 Å². The Hall–Kier alpha value is -1.09. The summed E-state index contributed by atoms with van der Waals surface area (Å²) < 4.78 is 2.16. The lowest BCUT2D eigenvalue weighted by molar-refractivity contribution is 0.595. The van der Waals surface area contributed by atoms with Crippen molar-refractivity contribution in [2.24, 2.45) is 0 Å². The summed E-state index contributed by atoms with van der Waals surface area (Å²) in [5.74, 6) is 0. The minimum absolute atomic E-state index is 1.06. The molecule has 0 radical (unpaired) electrons. The zero-order chi connectivity index (χ0) is 10.4. The third kappa shape index (κ3) is 1.34. The molecule has 0 amide bonds. The molecule has 0 saturated heterocycles. The van der Waals surface area contributed by atoms with Gasteiger partial charge in [-0.2, -0.15) is 5.10 Å². The Balaban J connectivity index is 2.29. The summed E-state index contributed by atoms with van der Waals surface area (Å²) in [6.45, 7) is 5.40. The van der Waals surface area contributed by atoms with Gasteiger partial charge < -0.3 is 0 Å². The van der Waals surface area contributed by atoms with Crippen LogP contribution in [0.2, 0.25) is 0 Å². The molecule has 15 heavy (non-hydrogen) atoms. The third-order valence-corrected chi connectivity index (χ3v) is 4.09. The van der Waals surface area contributed by atoms with Gasteiger partial charge in [0.05, 0.1) is 11.9 Å². The minimum atomic E-state index is 1.06. The summed E-state index contributed by atoms with van der Waals surface area (Å²) in [5.41, 5.74) is 4.06. The van der Waals surface area contributed by atoms with Crippen LogP contribution in [0.3, 0.4) is 0 Å². The average Bonchev–Trinajstić information content (AvgIpc) is 2.67. The van der Waals surface area contributed by atoms with E-state index in [0.717, 1.165) is 6.54 Å². The van der Waals surface area contributed by atoms with Gasteiger partial charge >= 0.3 is 0 Å². The van der Waals surface area contributed by atoms with Crippen molar-refractivity contribution in [2.75, 3.05) is 0 Å². The van der Waals surface area contributed by atoms with Gasteiger partial charge in [-0.1, -0.05) is 0 Å². The number of hydrogen-bond acceptors (Lipinski definition) is 2. The van der Waals surface area contributed by atoms with Crippen LogP contribution in [0.1, 0.15) is 21.7 Å². The fourth-order valence-corrected chi connectivity index (χ4v) is 3.42. The molecule has 0 unspecified atom stereocenters. The molecule has 0 fully saturated rings. The Morgan fingerprint density at radius 2 is 2.27 bits per heavy atom. The van der Waals surface area contributed by atoms with E-state index >= 15 is 0 Å². The maximum Gasteiger partial charge on any atom is 0.0722 e. The smallest absolute Gasteiger partial charge is 0.0722 e. The highest BCUT2D eigenvalue weighted by Gasteiger charge is 2.19. The van der Waals surface area contributed by atoms with Crippen LogP contribution in [-0.4, -0.2) is 9.78 Å². The summed E-state index contributed by atoms with van der Waals surface area (Å²) in [6.07, 6.45) is 4.40. The van der Waals surface area contributed by atoms with Gasteiger partial charge in [0.2, 0.25) is 0 Å². The average molecular weight is 218 g/mol. The highest BCUT2D eigenvalue weighted by molar-refractivity contribution is 7.12. The zero-order valence-electron chi connectivity index (χ0n) is 9.08. The van der Waals surface area contributed by atoms with Gasteiger partial charge in [-0.25, -0.2) is 0 Å². The molecule has 3 heterocycles. The molecule has 3 rings (SSSR count). The van der Waals surface area contributed by atoms with Crippen molar-refractivity contribution < 1.29 is 0 Å². The van der Waals surface area contributed by atoms with E-state index in [1.807, 2.05) is 17.5 Å². The number of nitrogens with zero attached hydrogens (tertiary/aromatic N) is 2. The lowest BCUT2D eigenvalue weighted by Gasteiger charge is -2.03. The fourth-order valence-electron chi connectivity index (χ4n) is 2.34. The third-order valence-electron chi connectivity index (χ3n) is 2.98. The molecule has 0 N–H and O–H groups in total. The van der Waals surface area contributed by atoms with Crippen molar-refractivity contribution in [2.45, 2.75) is 33.2 Å². The molecule has 78 valence electrons. The number of aromatic nitrogens is 2. The zero-order valence-corrected chi connectivity index (χ0v) is 9.90. The lowest BCUT2D eigenvalue weighted by atomic mass is 10.1. The molecule has 0 atom stereocenters. The van der Waals surface area contributed by atoms with Gasteiger partial charge in [-0.3, -0.25) is 4.68 Å². The first-order valence-electron chi connectivity index (χ1n) is 5.38. The topological polar surface area (TPSA) is 17.8 Å². The second kappa shape index (κ2) is 3.20. The Morgan fingerprint density at radius 1 is 1.40 bits per heavy atom. The molecule has 1 aliphatic heterocycles. The first-order valence-corrected chi connectivity index (χ1v) is 6.19. The Labute approximate surface area is 93.6 Å². The number of rotatable bonds is 0. The van der Waals surface area contributed by atoms with Gasteiger partial charge in [-0.05, 0) is 38.3 Å². The summed E-state index contributed by atoms with van der Waals surface area (Å²) >= 11 is 1.94. The van der Waals surface area contributed by atoms with E-state index in [-0.39, 0.29) is 0 Å². The van der Waals surface area contributed by atoms with Crippen molar-refractivity contribution in [3.63, 3.8) is 0 Å². The van der Waals surface area contributed by atoms with E-state index < -0.39 is 0 Å². The van der Waals surface area contributed by atoms with Crippen LogP contribution in [0.15, 0.2) is 12.3 Å². The highest BCUT2D eigenvalue weighted by Crippen LogP contribution is 2.36.